The minimum atomic E-state index is -0.322. The summed E-state index contributed by atoms with van der Waals surface area (Å²) in [5.41, 5.74) is 2.70. The fraction of sp³-hybridized carbons (Fsp3) is 0.375. The van der Waals surface area contributed by atoms with E-state index in [2.05, 4.69) is 10.6 Å². The molecule has 1 atom stereocenters. The smallest absolute Gasteiger partial charge is 0.243 e. The molecule has 0 saturated heterocycles. The second-order valence-corrected chi connectivity index (χ2v) is 7.76. The Labute approximate surface area is 177 Å². The summed E-state index contributed by atoms with van der Waals surface area (Å²) in [4.78, 5) is 39.4. The predicted octanol–water partition coefficient (Wildman–Crippen LogP) is 3.23. The van der Waals surface area contributed by atoms with E-state index in [1.54, 1.807) is 11.0 Å². The van der Waals surface area contributed by atoms with Crippen molar-refractivity contribution in [3.05, 3.63) is 65.7 Å². The molecule has 6 heteroatoms. The molecule has 6 nitrogen and oxygen atoms in total. The summed E-state index contributed by atoms with van der Waals surface area (Å²) < 4.78 is 0. The molecule has 2 N–H and O–H groups in total. The first-order valence-corrected chi connectivity index (χ1v) is 10.5. The highest BCUT2D eigenvalue weighted by atomic mass is 16.2. The van der Waals surface area contributed by atoms with Crippen LogP contribution in [0.15, 0.2) is 54.6 Å². The van der Waals surface area contributed by atoms with E-state index in [1.807, 2.05) is 62.4 Å². The highest BCUT2D eigenvalue weighted by molar-refractivity contribution is 5.95. The molecule has 3 rings (SSSR count). The topological polar surface area (TPSA) is 78.5 Å². The van der Waals surface area contributed by atoms with E-state index < -0.39 is 0 Å². The van der Waals surface area contributed by atoms with Crippen molar-refractivity contribution in [2.24, 2.45) is 0 Å². The first-order chi connectivity index (χ1) is 14.5. The maximum Gasteiger partial charge on any atom is 0.243 e. The predicted molar refractivity (Wildman–Crippen MR) is 117 cm³/mol. The Morgan fingerprint density at radius 3 is 2.40 bits per heavy atom. The second-order valence-electron chi connectivity index (χ2n) is 7.76. The molecule has 0 unspecified atom stereocenters. The molecule has 0 aliphatic heterocycles. The summed E-state index contributed by atoms with van der Waals surface area (Å²) in [5, 5.41) is 5.40. The average Bonchev–Trinajstić information content (AvgIpc) is 3.57. The Morgan fingerprint density at radius 1 is 1.03 bits per heavy atom. The highest BCUT2D eigenvalue weighted by Gasteiger charge is 2.36. The molecular weight excluding hydrogens is 378 g/mol. The van der Waals surface area contributed by atoms with Gasteiger partial charge < -0.3 is 15.5 Å². The number of benzene rings is 2. The van der Waals surface area contributed by atoms with Gasteiger partial charge in [0.1, 0.15) is 0 Å². The third-order valence-corrected chi connectivity index (χ3v) is 5.24. The maximum absolute atomic E-state index is 13.2. The maximum atomic E-state index is 13.2. The zero-order valence-corrected chi connectivity index (χ0v) is 17.6. The Hall–Kier alpha value is -3.15. The molecule has 1 fully saturated rings. The van der Waals surface area contributed by atoms with E-state index in [-0.39, 0.29) is 42.8 Å². The SMILES string of the molecule is CC[C@H](C(=O)N(CC(=O)NCC(=O)Nc1cccc(C)c1)C1CC1)c1ccccc1. The minimum Gasteiger partial charge on any atom is -0.345 e. The third kappa shape index (κ3) is 5.92. The number of carbonyl (C=O) groups excluding carboxylic acids is 3. The number of aryl methyl sites for hydroxylation is 1. The van der Waals surface area contributed by atoms with Gasteiger partial charge in [-0.25, -0.2) is 0 Å². The van der Waals surface area contributed by atoms with Crippen molar-refractivity contribution in [3.8, 4) is 0 Å². The molecule has 0 radical (unpaired) electrons. The third-order valence-electron chi connectivity index (χ3n) is 5.24. The van der Waals surface area contributed by atoms with Crippen molar-refractivity contribution in [1.29, 1.82) is 0 Å². The first kappa shape index (κ1) is 21.6. The molecule has 1 saturated carbocycles. The van der Waals surface area contributed by atoms with Gasteiger partial charge in [-0.3, -0.25) is 14.4 Å². The number of nitrogens with zero attached hydrogens (tertiary/aromatic N) is 1. The normalized spacial score (nSPS) is 13.9. The van der Waals surface area contributed by atoms with Crippen molar-refractivity contribution >= 4 is 23.4 Å². The fourth-order valence-electron chi connectivity index (χ4n) is 3.53. The molecule has 0 aromatic heterocycles. The van der Waals surface area contributed by atoms with Crippen LogP contribution in [0.25, 0.3) is 0 Å². The lowest BCUT2D eigenvalue weighted by atomic mass is 9.95. The number of rotatable bonds is 9. The van der Waals surface area contributed by atoms with Crippen molar-refractivity contribution in [2.45, 2.75) is 45.1 Å². The molecule has 158 valence electrons. The van der Waals surface area contributed by atoms with Crippen LogP contribution in [-0.2, 0) is 14.4 Å². The van der Waals surface area contributed by atoms with Crippen molar-refractivity contribution in [3.63, 3.8) is 0 Å². The van der Waals surface area contributed by atoms with Crippen molar-refractivity contribution < 1.29 is 14.4 Å². The fourth-order valence-corrected chi connectivity index (χ4v) is 3.53. The zero-order chi connectivity index (χ0) is 21.5. The molecule has 0 heterocycles. The van der Waals surface area contributed by atoms with E-state index >= 15 is 0 Å². The summed E-state index contributed by atoms with van der Waals surface area (Å²) in [7, 11) is 0. The van der Waals surface area contributed by atoms with Crippen molar-refractivity contribution in [1.82, 2.24) is 10.2 Å². The summed E-state index contributed by atoms with van der Waals surface area (Å²) in [6.45, 7) is 3.77. The molecule has 0 bridgehead atoms. The van der Waals surface area contributed by atoms with Gasteiger partial charge >= 0.3 is 0 Å². The zero-order valence-electron chi connectivity index (χ0n) is 17.6. The van der Waals surface area contributed by atoms with Gasteiger partial charge in [0, 0.05) is 11.7 Å². The number of hydrogen-bond donors (Lipinski definition) is 2. The Morgan fingerprint density at radius 2 is 1.77 bits per heavy atom. The van der Waals surface area contributed by atoms with E-state index in [4.69, 9.17) is 0 Å². The van der Waals surface area contributed by atoms with Crippen LogP contribution in [0, 0.1) is 6.92 Å². The summed E-state index contributed by atoms with van der Waals surface area (Å²) in [5.74, 6) is -0.902. The summed E-state index contributed by atoms with van der Waals surface area (Å²) in [6.07, 6.45) is 2.50. The van der Waals surface area contributed by atoms with Crippen LogP contribution in [0.1, 0.15) is 43.2 Å². The van der Waals surface area contributed by atoms with Gasteiger partial charge in [0.15, 0.2) is 0 Å². The van der Waals surface area contributed by atoms with Crippen LogP contribution in [-0.4, -0.2) is 41.8 Å². The van der Waals surface area contributed by atoms with Gasteiger partial charge in [-0.2, -0.15) is 0 Å². The van der Waals surface area contributed by atoms with E-state index in [1.165, 1.54) is 0 Å². The molecule has 1 aliphatic carbocycles. The minimum absolute atomic E-state index is 0.0226. The summed E-state index contributed by atoms with van der Waals surface area (Å²) >= 11 is 0. The van der Waals surface area contributed by atoms with Gasteiger partial charge in [-0.05, 0) is 49.4 Å². The molecule has 2 aromatic rings. The number of amides is 3. The largest absolute Gasteiger partial charge is 0.345 e. The Bertz CT molecular complexity index is 894. The van der Waals surface area contributed by atoms with E-state index in [9.17, 15) is 14.4 Å². The molecule has 1 aliphatic rings. The monoisotopic (exact) mass is 407 g/mol. The molecule has 0 spiro atoms. The molecule has 2 aromatic carbocycles. The quantitative estimate of drug-likeness (QED) is 0.670. The van der Waals surface area contributed by atoms with Crippen LogP contribution in [0.5, 0.6) is 0 Å². The van der Waals surface area contributed by atoms with Gasteiger partial charge in [0.05, 0.1) is 19.0 Å². The number of anilines is 1. The number of hydrogen-bond acceptors (Lipinski definition) is 3. The first-order valence-electron chi connectivity index (χ1n) is 10.5. The summed E-state index contributed by atoms with van der Waals surface area (Å²) in [6, 6.07) is 17.3. The lowest BCUT2D eigenvalue weighted by Gasteiger charge is -2.26. The van der Waals surface area contributed by atoms with Crippen molar-refractivity contribution in [2.75, 3.05) is 18.4 Å². The van der Waals surface area contributed by atoms with Gasteiger partial charge in [0.2, 0.25) is 17.7 Å². The Kier molecular flexibility index (Phi) is 7.22. The van der Waals surface area contributed by atoms with Crippen LogP contribution < -0.4 is 10.6 Å². The standard InChI is InChI=1S/C24H29N3O3/c1-3-21(18-9-5-4-6-10-18)24(30)27(20-12-13-20)16-23(29)25-15-22(28)26-19-11-7-8-17(2)14-19/h4-11,14,20-21H,3,12-13,15-16H2,1-2H3,(H,25,29)(H,26,28)/t21-/m0/s1. The lowest BCUT2D eigenvalue weighted by Crippen LogP contribution is -2.45. The number of nitrogens with one attached hydrogen (secondary N) is 2. The average molecular weight is 408 g/mol. The van der Waals surface area contributed by atoms with E-state index in [0.717, 1.165) is 24.0 Å². The second kappa shape index (κ2) is 10.1. The van der Waals surface area contributed by atoms with Crippen LogP contribution in [0.4, 0.5) is 5.69 Å². The van der Waals surface area contributed by atoms with Gasteiger partial charge in [-0.15, -0.1) is 0 Å². The Balaban J connectivity index is 1.55. The van der Waals surface area contributed by atoms with Crippen LogP contribution >= 0.6 is 0 Å². The highest BCUT2D eigenvalue weighted by Crippen LogP contribution is 2.31. The van der Waals surface area contributed by atoms with Gasteiger partial charge in [0.25, 0.3) is 0 Å². The van der Waals surface area contributed by atoms with Crippen LogP contribution in [0.3, 0.4) is 0 Å². The lowest BCUT2D eigenvalue weighted by molar-refractivity contribution is -0.138. The van der Waals surface area contributed by atoms with Crippen LogP contribution in [0.2, 0.25) is 0 Å². The molecule has 30 heavy (non-hydrogen) atoms. The molecule has 3 amide bonds. The molecular formula is C24H29N3O3. The van der Waals surface area contributed by atoms with E-state index in [0.29, 0.717) is 12.1 Å². The van der Waals surface area contributed by atoms with Gasteiger partial charge in [-0.1, -0.05) is 49.4 Å². The number of carbonyl (C=O) groups is 3.